The lowest BCUT2D eigenvalue weighted by Gasteiger charge is -2.40. The Kier molecular flexibility index (Phi) is 9.92. The third-order valence-electron chi connectivity index (χ3n) is 4.20. The van der Waals surface area contributed by atoms with Crippen molar-refractivity contribution in [2.24, 2.45) is 0 Å². The maximum absolute atomic E-state index is 6.35. The van der Waals surface area contributed by atoms with E-state index in [1.54, 1.807) is 0 Å². The number of ether oxygens (including phenoxy) is 1. The first-order valence-electron chi connectivity index (χ1n) is 8.70. The lowest BCUT2D eigenvalue weighted by Crippen LogP contribution is -2.47. The molecule has 0 saturated heterocycles. The monoisotopic (exact) mass is 378 g/mol. The Morgan fingerprint density at radius 2 is 1.48 bits per heavy atom. The van der Waals surface area contributed by atoms with Crippen LogP contribution in [0, 0.1) is 0 Å². The van der Waals surface area contributed by atoms with Crippen LogP contribution in [0.2, 0.25) is 0 Å². The lowest BCUT2D eigenvalue weighted by atomic mass is 9.89. The van der Waals surface area contributed by atoms with Crippen LogP contribution >= 0.6 is 34.8 Å². The molecule has 1 atom stereocenters. The van der Waals surface area contributed by atoms with Gasteiger partial charge in [0.15, 0.2) is 0 Å². The summed E-state index contributed by atoms with van der Waals surface area (Å²) in [6.45, 7) is 4.72. The fraction of sp³-hybridized carbons (Fsp3) is 0.684. The molecule has 0 N–H and O–H groups in total. The Balaban J connectivity index is 2.74. The van der Waals surface area contributed by atoms with Gasteiger partial charge in [0.25, 0.3) is 0 Å². The molecule has 0 aliphatic rings. The van der Waals surface area contributed by atoms with Gasteiger partial charge in [-0.25, -0.2) is 0 Å². The molecule has 0 radical (unpaired) electrons. The molecule has 0 heterocycles. The second-order valence-corrected chi connectivity index (χ2v) is 8.39. The van der Waals surface area contributed by atoms with E-state index in [4.69, 9.17) is 39.5 Å². The van der Waals surface area contributed by atoms with Gasteiger partial charge in [-0.15, -0.1) is 0 Å². The maximum Gasteiger partial charge on any atom is 0.219 e. The normalized spacial score (nSPS) is 14.7. The number of halogens is 3. The van der Waals surface area contributed by atoms with Gasteiger partial charge < -0.3 is 4.74 Å². The van der Waals surface area contributed by atoms with E-state index in [1.807, 2.05) is 25.1 Å². The van der Waals surface area contributed by atoms with Crippen molar-refractivity contribution < 1.29 is 4.74 Å². The second kappa shape index (κ2) is 10.8. The molecule has 0 spiro atoms. The van der Waals surface area contributed by atoms with Crippen LogP contribution in [0.5, 0.6) is 0 Å². The third-order valence-corrected chi connectivity index (χ3v) is 5.24. The predicted octanol–water partition coefficient (Wildman–Crippen LogP) is 7.13. The van der Waals surface area contributed by atoms with Gasteiger partial charge in [-0.05, 0) is 18.9 Å². The Bertz CT molecular complexity index is 416. The molecule has 1 aromatic rings. The van der Waals surface area contributed by atoms with Gasteiger partial charge in [-0.2, -0.15) is 0 Å². The highest BCUT2D eigenvalue weighted by Crippen LogP contribution is 2.46. The summed E-state index contributed by atoms with van der Waals surface area (Å²) < 4.78 is 4.59. The molecule has 4 heteroatoms. The molecular weight excluding hydrogens is 351 g/mol. The van der Waals surface area contributed by atoms with E-state index < -0.39 is 9.39 Å². The number of hydrogen-bond acceptors (Lipinski definition) is 1. The molecule has 1 rings (SSSR count). The second-order valence-electron chi connectivity index (χ2n) is 6.11. The zero-order chi connectivity index (χ0) is 17.2. The molecule has 0 saturated carbocycles. The first-order chi connectivity index (χ1) is 10.9. The van der Waals surface area contributed by atoms with Crippen LogP contribution < -0.4 is 0 Å². The van der Waals surface area contributed by atoms with E-state index in [1.165, 1.54) is 25.7 Å². The number of unbranched alkanes of at least 4 members (excludes halogenated alkanes) is 5. The smallest absolute Gasteiger partial charge is 0.219 e. The molecule has 1 aromatic carbocycles. The van der Waals surface area contributed by atoms with Crippen molar-refractivity contribution in [2.75, 3.05) is 6.61 Å². The van der Waals surface area contributed by atoms with Crippen LogP contribution in [0.25, 0.3) is 0 Å². The van der Waals surface area contributed by atoms with Crippen molar-refractivity contribution in [3.05, 3.63) is 35.9 Å². The van der Waals surface area contributed by atoms with E-state index in [0.717, 1.165) is 24.8 Å². The highest BCUT2D eigenvalue weighted by Gasteiger charge is 2.48. The Morgan fingerprint density at radius 3 is 2.04 bits per heavy atom. The van der Waals surface area contributed by atoms with E-state index in [9.17, 15) is 0 Å². The summed E-state index contributed by atoms with van der Waals surface area (Å²) in [5.74, 6) is 0. The largest absolute Gasteiger partial charge is 0.370 e. The van der Waals surface area contributed by atoms with Crippen molar-refractivity contribution in [3.8, 4) is 0 Å². The maximum atomic E-state index is 6.35. The number of hydrogen-bond donors (Lipinski definition) is 0. The molecule has 0 amide bonds. The minimum atomic E-state index is -1.44. The number of rotatable bonds is 11. The van der Waals surface area contributed by atoms with Crippen molar-refractivity contribution in [1.29, 1.82) is 0 Å². The predicted molar refractivity (Wildman–Crippen MR) is 103 cm³/mol. The van der Waals surface area contributed by atoms with E-state index >= 15 is 0 Å². The number of alkyl halides is 3. The first-order valence-corrected chi connectivity index (χ1v) is 9.83. The zero-order valence-corrected chi connectivity index (χ0v) is 16.6. The van der Waals surface area contributed by atoms with Crippen LogP contribution in [0.15, 0.2) is 30.3 Å². The van der Waals surface area contributed by atoms with Crippen molar-refractivity contribution in [1.82, 2.24) is 0 Å². The van der Waals surface area contributed by atoms with Gasteiger partial charge in [-0.1, -0.05) is 111 Å². The van der Waals surface area contributed by atoms with Gasteiger partial charge in [-0.3, -0.25) is 0 Å². The highest BCUT2D eigenvalue weighted by atomic mass is 35.6. The standard InChI is InChI=1S/C19H29Cl3O/c1-3-5-6-7-8-12-15-18(23-4-2,19(20,21)22)16-17-13-10-9-11-14-17/h9-11,13-14H,3-8,12,15-16H2,1-2H3. The zero-order valence-electron chi connectivity index (χ0n) is 14.3. The van der Waals surface area contributed by atoms with Crippen LogP contribution in [-0.2, 0) is 11.2 Å². The summed E-state index contributed by atoms with van der Waals surface area (Å²) in [5.41, 5.74) is 0.372. The van der Waals surface area contributed by atoms with Gasteiger partial charge in [0.1, 0.15) is 5.60 Å². The van der Waals surface area contributed by atoms with Crippen molar-refractivity contribution in [3.63, 3.8) is 0 Å². The molecule has 23 heavy (non-hydrogen) atoms. The fourth-order valence-corrected chi connectivity index (χ4v) is 3.58. The molecule has 0 bridgehead atoms. The minimum Gasteiger partial charge on any atom is -0.370 e. The molecule has 0 aliphatic carbocycles. The summed E-state index contributed by atoms with van der Waals surface area (Å²) in [6.07, 6.45) is 8.63. The quantitative estimate of drug-likeness (QED) is 0.293. The van der Waals surface area contributed by atoms with Gasteiger partial charge >= 0.3 is 0 Å². The first kappa shape index (κ1) is 21.1. The summed E-state index contributed by atoms with van der Waals surface area (Å²) in [6, 6.07) is 10.1. The topological polar surface area (TPSA) is 9.23 Å². The average molecular weight is 380 g/mol. The lowest BCUT2D eigenvalue weighted by molar-refractivity contribution is -0.0441. The number of benzene rings is 1. The van der Waals surface area contributed by atoms with Crippen LogP contribution in [0.4, 0.5) is 0 Å². The molecule has 1 unspecified atom stereocenters. The minimum absolute atomic E-state index is 0.538. The highest BCUT2D eigenvalue weighted by molar-refractivity contribution is 6.68. The molecule has 1 nitrogen and oxygen atoms in total. The molecule has 0 aliphatic heterocycles. The summed E-state index contributed by atoms with van der Waals surface area (Å²) in [7, 11) is 0. The Morgan fingerprint density at radius 1 is 0.870 bits per heavy atom. The van der Waals surface area contributed by atoms with E-state index in [-0.39, 0.29) is 0 Å². The van der Waals surface area contributed by atoms with Gasteiger partial charge in [0, 0.05) is 13.0 Å². The molecular formula is C19H29Cl3O. The van der Waals surface area contributed by atoms with Crippen molar-refractivity contribution >= 4 is 34.8 Å². The summed E-state index contributed by atoms with van der Waals surface area (Å²) >= 11 is 19.1. The molecule has 0 fully saturated rings. The molecule has 132 valence electrons. The average Bonchev–Trinajstić information content (AvgIpc) is 2.50. The van der Waals surface area contributed by atoms with Crippen molar-refractivity contribution in [2.45, 2.75) is 74.6 Å². The summed E-state index contributed by atoms with van der Waals surface area (Å²) in [5, 5.41) is 0. The fourth-order valence-electron chi connectivity index (χ4n) is 2.93. The van der Waals surface area contributed by atoms with E-state index in [0.29, 0.717) is 13.0 Å². The summed E-state index contributed by atoms with van der Waals surface area (Å²) in [4.78, 5) is 0. The SMILES string of the molecule is CCCCCCCCC(Cc1ccccc1)(OCC)C(Cl)(Cl)Cl. The van der Waals surface area contributed by atoms with E-state index in [2.05, 4.69) is 19.1 Å². The van der Waals surface area contributed by atoms with Crippen LogP contribution in [0.1, 0.15) is 64.4 Å². The van der Waals surface area contributed by atoms with Gasteiger partial charge in [0.05, 0.1) is 0 Å². The van der Waals surface area contributed by atoms with Crippen LogP contribution in [-0.4, -0.2) is 16.0 Å². The van der Waals surface area contributed by atoms with Crippen LogP contribution in [0.3, 0.4) is 0 Å². The third kappa shape index (κ3) is 7.22. The Labute approximate surface area is 156 Å². The molecule has 0 aromatic heterocycles. The Hall–Kier alpha value is 0.0500. The van der Waals surface area contributed by atoms with Gasteiger partial charge in [0.2, 0.25) is 3.79 Å².